The first-order chi connectivity index (χ1) is 15.2. The highest BCUT2D eigenvalue weighted by Gasteiger charge is 2.29. The van der Waals surface area contributed by atoms with E-state index >= 15 is 0 Å². The number of nitrogens with zero attached hydrogens (tertiary/aromatic N) is 4. The van der Waals surface area contributed by atoms with Crippen molar-refractivity contribution in [2.45, 2.75) is 25.3 Å². The van der Waals surface area contributed by atoms with Gasteiger partial charge in [0.05, 0.1) is 37.4 Å². The van der Waals surface area contributed by atoms with Crippen molar-refractivity contribution in [3.63, 3.8) is 0 Å². The number of rotatable bonds is 6. The van der Waals surface area contributed by atoms with Gasteiger partial charge >= 0.3 is 0 Å². The van der Waals surface area contributed by atoms with Gasteiger partial charge in [0.25, 0.3) is 5.91 Å². The second-order valence-electron chi connectivity index (χ2n) is 7.72. The summed E-state index contributed by atoms with van der Waals surface area (Å²) in [4.78, 5) is 20.1. The van der Waals surface area contributed by atoms with E-state index in [4.69, 9.17) is 9.15 Å². The third-order valence-corrected chi connectivity index (χ3v) is 8.73. The summed E-state index contributed by atoms with van der Waals surface area (Å²) in [5.74, 6) is 0.498. The average Bonchev–Trinajstić information content (AvgIpc) is 3.49. The van der Waals surface area contributed by atoms with E-state index in [9.17, 15) is 13.2 Å². The molecule has 4 heterocycles. The molecule has 4 rings (SSSR count). The zero-order chi connectivity index (χ0) is 23.0. The zero-order valence-corrected chi connectivity index (χ0v) is 20.1. The molecular formula is C21H26N4O5S2. The van der Waals surface area contributed by atoms with E-state index < -0.39 is 10.0 Å². The Bertz CT molecular complexity index is 1220. The Morgan fingerprint density at radius 3 is 2.66 bits per heavy atom. The molecule has 0 N–H and O–H groups in total. The summed E-state index contributed by atoms with van der Waals surface area (Å²) >= 11 is 1.29. The second-order valence-corrected chi connectivity index (χ2v) is 10.7. The number of furan rings is 1. The molecule has 3 aromatic rings. The largest absolute Gasteiger partial charge is 0.468 e. The average molecular weight is 479 g/mol. The van der Waals surface area contributed by atoms with E-state index in [1.165, 1.54) is 29.0 Å². The van der Waals surface area contributed by atoms with Crippen LogP contribution in [0.25, 0.3) is 10.7 Å². The van der Waals surface area contributed by atoms with Gasteiger partial charge in [0.15, 0.2) is 0 Å². The Labute approximate surface area is 191 Å². The number of aromatic nitrogens is 2. The van der Waals surface area contributed by atoms with E-state index in [-0.39, 0.29) is 17.3 Å². The first-order valence-electron chi connectivity index (χ1n) is 10.2. The highest BCUT2D eigenvalue weighted by Crippen LogP contribution is 2.34. The van der Waals surface area contributed by atoms with Crippen LogP contribution in [-0.4, -0.2) is 66.4 Å². The van der Waals surface area contributed by atoms with Gasteiger partial charge in [-0.1, -0.05) is 0 Å². The molecule has 0 spiro atoms. The number of amides is 1. The number of morpholine rings is 1. The molecule has 1 fully saturated rings. The van der Waals surface area contributed by atoms with Gasteiger partial charge in [-0.2, -0.15) is 4.31 Å². The van der Waals surface area contributed by atoms with Crippen LogP contribution in [0.4, 0.5) is 0 Å². The molecule has 32 heavy (non-hydrogen) atoms. The monoisotopic (exact) mass is 478 g/mol. The van der Waals surface area contributed by atoms with Crippen molar-refractivity contribution in [2.24, 2.45) is 7.05 Å². The zero-order valence-electron chi connectivity index (χ0n) is 18.5. The normalized spacial score (nSPS) is 15.0. The summed E-state index contributed by atoms with van der Waals surface area (Å²) in [6.45, 7) is 5.86. The summed E-state index contributed by atoms with van der Waals surface area (Å²) in [6, 6.07) is 5.09. The molecule has 0 unspecified atom stereocenters. The van der Waals surface area contributed by atoms with Crippen LogP contribution in [0.3, 0.4) is 0 Å². The SMILES string of the molecule is Cc1nc(-c2cc(S(=O)(=O)N(C)Cc3ccco3)c(C)n2C)sc1C(=O)N1CCOCC1. The lowest BCUT2D eigenvalue weighted by molar-refractivity contribution is 0.0305. The van der Waals surface area contributed by atoms with E-state index in [1.54, 1.807) is 48.6 Å². The smallest absolute Gasteiger partial charge is 0.266 e. The van der Waals surface area contributed by atoms with Gasteiger partial charge in [0.1, 0.15) is 20.5 Å². The fourth-order valence-corrected chi connectivity index (χ4v) is 6.12. The van der Waals surface area contributed by atoms with Crippen molar-refractivity contribution >= 4 is 27.3 Å². The Kier molecular flexibility index (Phi) is 6.26. The molecule has 0 atom stereocenters. The van der Waals surface area contributed by atoms with E-state index in [1.807, 2.05) is 0 Å². The lowest BCUT2D eigenvalue weighted by Crippen LogP contribution is -2.40. The van der Waals surface area contributed by atoms with Gasteiger partial charge in [-0.3, -0.25) is 4.79 Å². The molecular weight excluding hydrogens is 452 g/mol. The minimum Gasteiger partial charge on any atom is -0.468 e. The Hall–Kier alpha value is -2.47. The quantitative estimate of drug-likeness (QED) is 0.540. The second kappa shape index (κ2) is 8.81. The topological polar surface area (TPSA) is 97.9 Å². The van der Waals surface area contributed by atoms with Gasteiger partial charge in [-0.15, -0.1) is 11.3 Å². The number of aryl methyl sites for hydroxylation is 1. The van der Waals surface area contributed by atoms with Crippen molar-refractivity contribution in [1.29, 1.82) is 0 Å². The first kappa shape index (κ1) is 22.7. The fraction of sp³-hybridized carbons (Fsp3) is 0.429. The van der Waals surface area contributed by atoms with Crippen LogP contribution >= 0.6 is 11.3 Å². The number of carbonyl (C=O) groups excluding carboxylic acids is 1. The van der Waals surface area contributed by atoms with Gasteiger partial charge < -0.3 is 18.6 Å². The third-order valence-electron chi connectivity index (χ3n) is 5.64. The van der Waals surface area contributed by atoms with E-state index in [2.05, 4.69) is 4.98 Å². The van der Waals surface area contributed by atoms with Crippen LogP contribution < -0.4 is 0 Å². The lowest BCUT2D eigenvalue weighted by Gasteiger charge is -2.26. The lowest BCUT2D eigenvalue weighted by atomic mass is 10.3. The summed E-state index contributed by atoms with van der Waals surface area (Å²) in [6.07, 6.45) is 1.52. The maximum atomic E-state index is 13.2. The molecule has 0 bridgehead atoms. The first-order valence-corrected chi connectivity index (χ1v) is 12.5. The molecule has 11 heteroatoms. The van der Waals surface area contributed by atoms with Crippen molar-refractivity contribution in [2.75, 3.05) is 33.4 Å². The molecule has 172 valence electrons. The number of carbonyl (C=O) groups is 1. The van der Waals surface area contributed by atoms with Crippen LogP contribution in [0.15, 0.2) is 33.8 Å². The molecule has 1 aliphatic rings. The number of thiazole rings is 1. The molecule has 0 saturated carbocycles. The van der Waals surface area contributed by atoms with Crippen LogP contribution in [0.5, 0.6) is 0 Å². The van der Waals surface area contributed by atoms with Gasteiger partial charge in [-0.25, -0.2) is 13.4 Å². The standard InChI is InChI=1S/C21H26N4O5S2/c1-14-19(21(26)25-7-10-29-11-8-25)31-20(22-14)17-12-18(15(2)24(17)4)32(27,28)23(3)13-16-6-5-9-30-16/h5-6,9,12H,7-8,10-11,13H2,1-4H3. The minimum absolute atomic E-state index is 0.0634. The van der Waals surface area contributed by atoms with Crippen molar-refractivity contribution in [3.05, 3.63) is 46.5 Å². The number of sulfonamides is 1. The summed E-state index contributed by atoms with van der Waals surface area (Å²) in [7, 11) is -0.425. The fourth-order valence-electron chi connectivity index (χ4n) is 3.63. The molecule has 1 amide bonds. The van der Waals surface area contributed by atoms with Gasteiger partial charge in [0, 0.05) is 32.9 Å². The summed E-state index contributed by atoms with van der Waals surface area (Å²) < 4.78 is 40.2. The number of hydrogen-bond donors (Lipinski definition) is 0. The maximum Gasteiger partial charge on any atom is 0.266 e. The van der Waals surface area contributed by atoms with Crippen molar-refractivity contribution in [3.8, 4) is 10.7 Å². The van der Waals surface area contributed by atoms with Gasteiger partial charge in [-0.05, 0) is 32.0 Å². The van der Waals surface area contributed by atoms with Crippen LogP contribution in [0.2, 0.25) is 0 Å². The summed E-state index contributed by atoms with van der Waals surface area (Å²) in [5.41, 5.74) is 1.89. The Morgan fingerprint density at radius 1 is 1.28 bits per heavy atom. The molecule has 3 aromatic heterocycles. The van der Waals surface area contributed by atoms with Crippen LogP contribution in [-0.2, 0) is 28.4 Å². The third kappa shape index (κ3) is 4.13. The van der Waals surface area contributed by atoms with E-state index in [0.717, 1.165) is 0 Å². The number of hydrogen-bond acceptors (Lipinski definition) is 7. The maximum absolute atomic E-state index is 13.2. The van der Waals surface area contributed by atoms with E-state index in [0.29, 0.717) is 59.0 Å². The molecule has 0 radical (unpaired) electrons. The van der Waals surface area contributed by atoms with Crippen LogP contribution in [0.1, 0.15) is 26.8 Å². The molecule has 0 aromatic carbocycles. The predicted octanol–water partition coefficient (Wildman–Crippen LogP) is 2.65. The van der Waals surface area contributed by atoms with Crippen molar-refractivity contribution in [1.82, 2.24) is 18.8 Å². The molecule has 1 aliphatic heterocycles. The molecule has 9 nitrogen and oxygen atoms in total. The predicted molar refractivity (Wildman–Crippen MR) is 120 cm³/mol. The Morgan fingerprint density at radius 2 is 2.00 bits per heavy atom. The number of ether oxygens (including phenoxy) is 1. The van der Waals surface area contributed by atoms with Crippen molar-refractivity contribution < 1.29 is 22.4 Å². The minimum atomic E-state index is -3.75. The molecule has 1 saturated heterocycles. The highest BCUT2D eigenvalue weighted by molar-refractivity contribution is 7.89. The van der Waals surface area contributed by atoms with Gasteiger partial charge in [0.2, 0.25) is 10.0 Å². The Balaban J connectivity index is 1.65. The highest BCUT2D eigenvalue weighted by atomic mass is 32.2. The van der Waals surface area contributed by atoms with Crippen LogP contribution in [0, 0.1) is 13.8 Å². The molecule has 0 aliphatic carbocycles. The summed E-state index contributed by atoms with van der Waals surface area (Å²) in [5, 5.41) is 0.611.